The predicted molar refractivity (Wildman–Crippen MR) is 106 cm³/mol. The van der Waals surface area contributed by atoms with Crippen molar-refractivity contribution in [1.82, 2.24) is 0 Å². The van der Waals surface area contributed by atoms with Gasteiger partial charge in [-0.05, 0) is 58.7 Å². The van der Waals surface area contributed by atoms with E-state index in [1.54, 1.807) is 37.3 Å². The van der Waals surface area contributed by atoms with Crippen LogP contribution in [0, 0.1) is 0 Å². The van der Waals surface area contributed by atoms with Gasteiger partial charge in [0.25, 0.3) is 5.91 Å². The van der Waals surface area contributed by atoms with Crippen molar-refractivity contribution in [3.8, 4) is 0 Å². The number of amides is 1. The topological polar surface area (TPSA) is 88.4 Å². The van der Waals surface area contributed by atoms with Crippen molar-refractivity contribution in [2.24, 2.45) is 0 Å². The molecule has 3 rings (SSSR count). The summed E-state index contributed by atoms with van der Waals surface area (Å²) >= 11 is 3.39. The second kappa shape index (κ2) is 7.51. The predicted octanol–water partition coefficient (Wildman–Crippen LogP) is 4.60. The van der Waals surface area contributed by atoms with Crippen molar-refractivity contribution in [2.75, 3.05) is 15.8 Å². The highest BCUT2D eigenvalue weighted by Crippen LogP contribution is 2.27. The highest BCUT2D eigenvalue weighted by Gasteiger charge is 2.14. The summed E-state index contributed by atoms with van der Waals surface area (Å²) in [4.78, 5) is 12.4. The summed E-state index contributed by atoms with van der Waals surface area (Å²) in [5, 5.41) is 3.55. The maximum Gasteiger partial charge on any atom is 0.291 e. The molecule has 1 amide bonds. The summed E-state index contributed by atoms with van der Waals surface area (Å²) in [6, 6.07) is 13.7. The van der Waals surface area contributed by atoms with Gasteiger partial charge in [0.05, 0.1) is 10.2 Å². The quantitative estimate of drug-likeness (QED) is 0.590. The number of furan rings is 1. The average molecular weight is 437 g/mol. The van der Waals surface area contributed by atoms with Crippen LogP contribution in [0.5, 0.6) is 0 Å². The van der Waals surface area contributed by atoms with Crippen LogP contribution >= 0.6 is 15.9 Å². The third kappa shape index (κ3) is 4.25. The molecule has 0 aliphatic heterocycles. The molecule has 1 aromatic heterocycles. The number of benzene rings is 2. The van der Waals surface area contributed by atoms with Gasteiger partial charge < -0.3 is 9.73 Å². The Labute approximate surface area is 159 Å². The van der Waals surface area contributed by atoms with Crippen LogP contribution in [0.4, 0.5) is 11.4 Å². The Bertz CT molecular complexity index is 1040. The fraction of sp³-hybridized carbons (Fsp3) is 0.167. The van der Waals surface area contributed by atoms with Crippen molar-refractivity contribution < 1.29 is 17.6 Å². The number of hydrogen-bond donors (Lipinski definition) is 2. The second-order valence-corrected chi connectivity index (χ2v) is 8.42. The molecule has 0 radical (unpaired) electrons. The van der Waals surface area contributed by atoms with Gasteiger partial charge >= 0.3 is 0 Å². The van der Waals surface area contributed by atoms with Gasteiger partial charge in [0.1, 0.15) is 5.58 Å². The van der Waals surface area contributed by atoms with Crippen LogP contribution in [0.25, 0.3) is 11.0 Å². The number of rotatable bonds is 6. The summed E-state index contributed by atoms with van der Waals surface area (Å²) in [5.41, 5.74) is 1.59. The lowest BCUT2D eigenvalue weighted by molar-refractivity contribution is 0.0998. The van der Waals surface area contributed by atoms with Crippen molar-refractivity contribution in [2.45, 2.75) is 13.3 Å². The highest BCUT2D eigenvalue weighted by molar-refractivity contribution is 9.10. The molecule has 0 aliphatic carbocycles. The first kappa shape index (κ1) is 18.5. The third-order valence-electron chi connectivity index (χ3n) is 3.61. The van der Waals surface area contributed by atoms with Crippen LogP contribution in [0.15, 0.2) is 57.4 Å². The van der Waals surface area contributed by atoms with E-state index in [0.29, 0.717) is 23.4 Å². The lowest BCUT2D eigenvalue weighted by Crippen LogP contribution is -2.16. The van der Waals surface area contributed by atoms with Gasteiger partial charge in [0, 0.05) is 16.8 Å². The van der Waals surface area contributed by atoms with Gasteiger partial charge in [-0.3, -0.25) is 9.52 Å². The fourth-order valence-corrected chi connectivity index (χ4v) is 4.05. The van der Waals surface area contributed by atoms with Crippen LogP contribution in [-0.2, 0) is 10.0 Å². The molecule has 0 saturated heterocycles. The van der Waals surface area contributed by atoms with Crippen LogP contribution in [0.2, 0.25) is 0 Å². The first-order valence-corrected chi connectivity index (χ1v) is 10.4. The van der Waals surface area contributed by atoms with E-state index in [9.17, 15) is 13.2 Å². The van der Waals surface area contributed by atoms with Gasteiger partial charge in [-0.15, -0.1) is 0 Å². The van der Waals surface area contributed by atoms with Crippen LogP contribution in [0.1, 0.15) is 23.9 Å². The fourth-order valence-electron chi connectivity index (χ4n) is 2.45. The SMILES string of the molecule is CCCS(=O)(=O)Nc1ccc(NC(=O)c2cc3cccc(Br)c3o2)cc1. The van der Waals surface area contributed by atoms with Gasteiger partial charge in [-0.25, -0.2) is 8.42 Å². The van der Waals surface area contributed by atoms with E-state index >= 15 is 0 Å². The molecule has 2 aromatic carbocycles. The Morgan fingerprint density at radius 2 is 1.81 bits per heavy atom. The number of para-hydroxylation sites is 1. The van der Waals surface area contributed by atoms with Crippen LogP contribution in [-0.4, -0.2) is 20.1 Å². The first-order valence-electron chi connectivity index (χ1n) is 7.98. The second-order valence-electron chi connectivity index (χ2n) is 5.72. The molecule has 2 N–H and O–H groups in total. The summed E-state index contributed by atoms with van der Waals surface area (Å²) in [6.45, 7) is 1.80. The molecule has 0 atom stereocenters. The van der Waals surface area contributed by atoms with Crippen molar-refractivity contribution in [1.29, 1.82) is 0 Å². The first-order chi connectivity index (χ1) is 12.4. The summed E-state index contributed by atoms with van der Waals surface area (Å²) in [6.07, 6.45) is 0.539. The molecule has 0 fully saturated rings. The van der Waals surface area contributed by atoms with E-state index in [2.05, 4.69) is 26.0 Å². The number of fused-ring (bicyclic) bond motifs is 1. The Morgan fingerprint density at radius 3 is 2.46 bits per heavy atom. The zero-order valence-electron chi connectivity index (χ0n) is 14.0. The summed E-state index contributed by atoms with van der Waals surface area (Å²) in [7, 11) is -3.34. The minimum absolute atomic E-state index is 0.0626. The lowest BCUT2D eigenvalue weighted by Gasteiger charge is -2.08. The zero-order valence-corrected chi connectivity index (χ0v) is 16.4. The molecule has 8 heteroatoms. The molecular formula is C18H17BrN2O4S. The number of nitrogens with one attached hydrogen (secondary N) is 2. The normalized spacial score (nSPS) is 11.5. The van der Waals surface area contributed by atoms with Crippen molar-refractivity contribution >= 4 is 54.2 Å². The van der Waals surface area contributed by atoms with Crippen LogP contribution in [0.3, 0.4) is 0 Å². The molecule has 3 aromatic rings. The third-order valence-corrected chi connectivity index (χ3v) is 5.73. The number of sulfonamides is 1. The minimum Gasteiger partial charge on any atom is -0.450 e. The van der Waals surface area contributed by atoms with Crippen molar-refractivity contribution in [3.63, 3.8) is 0 Å². The Balaban J connectivity index is 1.72. The Hall–Kier alpha value is -2.32. The standard InChI is InChI=1S/C18H17BrN2O4S/c1-2-10-26(23,24)21-14-8-6-13(7-9-14)20-18(22)16-11-12-4-3-5-15(19)17(12)25-16/h3-9,11,21H,2,10H2,1H3,(H,20,22). The molecule has 0 saturated carbocycles. The van der Waals surface area contributed by atoms with Gasteiger partial charge in [-0.2, -0.15) is 0 Å². The number of carbonyl (C=O) groups is 1. The number of hydrogen-bond acceptors (Lipinski definition) is 4. The lowest BCUT2D eigenvalue weighted by atomic mass is 10.2. The summed E-state index contributed by atoms with van der Waals surface area (Å²) < 4.78 is 32.4. The van der Waals surface area contributed by atoms with Gasteiger partial charge in [-0.1, -0.05) is 19.1 Å². The minimum atomic E-state index is -3.34. The van der Waals surface area contributed by atoms with E-state index in [0.717, 1.165) is 9.86 Å². The number of carbonyl (C=O) groups excluding carboxylic acids is 1. The van der Waals surface area contributed by atoms with E-state index in [-0.39, 0.29) is 17.4 Å². The number of anilines is 2. The van der Waals surface area contributed by atoms with Crippen LogP contribution < -0.4 is 10.0 Å². The smallest absolute Gasteiger partial charge is 0.291 e. The van der Waals surface area contributed by atoms with E-state index in [1.807, 2.05) is 18.2 Å². The van der Waals surface area contributed by atoms with Gasteiger partial charge in [0.2, 0.25) is 10.0 Å². The Morgan fingerprint density at radius 1 is 1.12 bits per heavy atom. The molecule has 1 heterocycles. The summed E-state index contributed by atoms with van der Waals surface area (Å²) in [5.74, 6) is -0.125. The molecule has 0 bridgehead atoms. The highest BCUT2D eigenvalue weighted by atomic mass is 79.9. The van der Waals surface area contributed by atoms with Crippen molar-refractivity contribution in [3.05, 3.63) is 58.8 Å². The Kier molecular flexibility index (Phi) is 5.33. The maximum atomic E-state index is 12.4. The average Bonchev–Trinajstić information content (AvgIpc) is 3.02. The largest absolute Gasteiger partial charge is 0.450 e. The molecule has 0 aliphatic rings. The zero-order chi connectivity index (χ0) is 18.7. The molecule has 0 unspecified atom stereocenters. The van der Waals surface area contributed by atoms with E-state index in [4.69, 9.17) is 4.42 Å². The number of halogens is 1. The van der Waals surface area contributed by atoms with E-state index in [1.165, 1.54) is 0 Å². The molecule has 6 nitrogen and oxygen atoms in total. The molecule has 0 spiro atoms. The monoisotopic (exact) mass is 436 g/mol. The van der Waals surface area contributed by atoms with E-state index < -0.39 is 10.0 Å². The molecule has 136 valence electrons. The molecule has 26 heavy (non-hydrogen) atoms. The maximum absolute atomic E-state index is 12.4. The van der Waals surface area contributed by atoms with Gasteiger partial charge in [0.15, 0.2) is 5.76 Å². The molecular weight excluding hydrogens is 420 g/mol.